The first-order valence-corrected chi connectivity index (χ1v) is 8.81. The minimum absolute atomic E-state index is 0.112. The van der Waals surface area contributed by atoms with Gasteiger partial charge in [-0.2, -0.15) is 5.10 Å². The lowest BCUT2D eigenvalue weighted by atomic mass is 9.90. The highest BCUT2D eigenvalue weighted by Gasteiger charge is 2.33. The Hall–Kier alpha value is -3.12. The van der Waals surface area contributed by atoms with Gasteiger partial charge in [0.05, 0.1) is 6.20 Å². The first-order valence-electron chi connectivity index (χ1n) is 8.81. The number of rotatable bonds is 6. The molecule has 1 aromatic heterocycles. The van der Waals surface area contributed by atoms with Gasteiger partial charge in [0.25, 0.3) is 0 Å². The molecule has 0 fully saturated rings. The average molecular weight is 363 g/mol. The maximum Gasteiger partial charge on any atom is 0.248 e. The second kappa shape index (κ2) is 7.63. The van der Waals surface area contributed by atoms with Crippen molar-refractivity contribution in [2.75, 3.05) is 31.4 Å². The quantitative estimate of drug-likeness (QED) is 0.629. The second-order valence-corrected chi connectivity index (χ2v) is 6.83. The van der Waals surface area contributed by atoms with Crippen LogP contribution in [0.2, 0.25) is 0 Å². The zero-order chi connectivity index (χ0) is 19.4. The molecule has 0 radical (unpaired) electrons. The summed E-state index contributed by atoms with van der Waals surface area (Å²) in [6, 6.07) is 15.7. The maximum atomic E-state index is 13.0. The standard InChI is InChI=1S/C21H25N5O/c1-21(22-2,17-7-11-19(12-8-17)26(3)4)20(27)25-18-9-5-15(6-10-18)16-13-23-24-14-16/h5-14,22H,1-4H3,(H,23,24)(H,25,27). The SMILES string of the molecule is CNC(C)(C(=O)Nc1ccc(-c2cn[nH]c2)cc1)c1ccc(N(C)C)cc1. The van der Waals surface area contributed by atoms with E-state index in [1.807, 2.05) is 80.6 Å². The normalized spacial score (nSPS) is 13.0. The Morgan fingerprint density at radius 1 is 1.04 bits per heavy atom. The van der Waals surface area contributed by atoms with Gasteiger partial charge < -0.3 is 15.5 Å². The number of nitrogens with zero attached hydrogens (tertiary/aromatic N) is 2. The van der Waals surface area contributed by atoms with Gasteiger partial charge in [-0.25, -0.2) is 0 Å². The average Bonchev–Trinajstić information content (AvgIpc) is 3.22. The van der Waals surface area contributed by atoms with Gasteiger partial charge in [0.1, 0.15) is 5.54 Å². The topological polar surface area (TPSA) is 73.0 Å². The monoisotopic (exact) mass is 363 g/mol. The predicted molar refractivity (Wildman–Crippen MR) is 110 cm³/mol. The van der Waals surface area contributed by atoms with Gasteiger partial charge in [0.15, 0.2) is 0 Å². The van der Waals surface area contributed by atoms with Crippen LogP contribution in [0.1, 0.15) is 12.5 Å². The molecule has 6 heteroatoms. The van der Waals surface area contributed by atoms with Crippen molar-refractivity contribution < 1.29 is 4.79 Å². The Kier molecular flexibility index (Phi) is 5.28. The first-order chi connectivity index (χ1) is 12.9. The molecular formula is C21H25N5O. The third-order valence-electron chi connectivity index (χ3n) is 4.89. The molecule has 6 nitrogen and oxygen atoms in total. The lowest BCUT2D eigenvalue weighted by Crippen LogP contribution is -2.47. The summed E-state index contributed by atoms with van der Waals surface area (Å²) in [7, 11) is 5.78. The third kappa shape index (κ3) is 3.85. The Morgan fingerprint density at radius 3 is 2.22 bits per heavy atom. The molecule has 1 amide bonds. The third-order valence-corrected chi connectivity index (χ3v) is 4.89. The van der Waals surface area contributed by atoms with E-state index in [4.69, 9.17) is 0 Å². The fourth-order valence-electron chi connectivity index (χ4n) is 2.89. The zero-order valence-corrected chi connectivity index (χ0v) is 16.1. The number of nitrogens with one attached hydrogen (secondary N) is 3. The van der Waals surface area contributed by atoms with Crippen LogP contribution in [0.25, 0.3) is 11.1 Å². The Morgan fingerprint density at radius 2 is 1.70 bits per heavy atom. The van der Waals surface area contributed by atoms with Crippen LogP contribution in [-0.4, -0.2) is 37.2 Å². The summed E-state index contributed by atoms with van der Waals surface area (Å²) < 4.78 is 0. The first kappa shape index (κ1) is 18.7. The summed E-state index contributed by atoms with van der Waals surface area (Å²) in [5.41, 5.74) is 3.95. The van der Waals surface area contributed by atoms with Crippen molar-refractivity contribution in [3.63, 3.8) is 0 Å². The molecule has 1 unspecified atom stereocenters. The summed E-state index contributed by atoms with van der Waals surface area (Å²) >= 11 is 0. The largest absolute Gasteiger partial charge is 0.378 e. The smallest absolute Gasteiger partial charge is 0.248 e. The molecule has 27 heavy (non-hydrogen) atoms. The van der Waals surface area contributed by atoms with Crippen molar-refractivity contribution >= 4 is 17.3 Å². The van der Waals surface area contributed by atoms with Gasteiger partial charge in [-0.3, -0.25) is 9.89 Å². The summed E-state index contributed by atoms with van der Waals surface area (Å²) in [5, 5.41) is 12.9. The Bertz CT molecular complexity index is 885. The van der Waals surface area contributed by atoms with Crippen molar-refractivity contribution in [3.8, 4) is 11.1 Å². The fraction of sp³-hybridized carbons (Fsp3) is 0.238. The van der Waals surface area contributed by atoms with Gasteiger partial charge in [0.2, 0.25) is 5.91 Å². The van der Waals surface area contributed by atoms with Crippen LogP contribution in [0.5, 0.6) is 0 Å². The molecule has 2 aromatic carbocycles. The van der Waals surface area contributed by atoms with Crippen molar-refractivity contribution in [1.82, 2.24) is 15.5 Å². The molecule has 0 aliphatic carbocycles. The molecule has 3 rings (SSSR count). The van der Waals surface area contributed by atoms with E-state index >= 15 is 0 Å². The minimum atomic E-state index is -0.839. The molecule has 140 valence electrons. The van der Waals surface area contributed by atoms with Crippen LogP contribution < -0.4 is 15.5 Å². The van der Waals surface area contributed by atoms with Crippen molar-refractivity contribution in [1.29, 1.82) is 0 Å². The Labute approximate surface area is 159 Å². The molecule has 3 N–H and O–H groups in total. The van der Waals surface area contributed by atoms with E-state index in [1.54, 1.807) is 13.2 Å². The number of hydrogen-bond donors (Lipinski definition) is 3. The fourth-order valence-corrected chi connectivity index (χ4v) is 2.89. The molecule has 0 saturated heterocycles. The number of H-pyrrole nitrogens is 1. The highest BCUT2D eigenvalue weighted by molar-refractivity contribution is 5.98. The molecule has 1 atom stereocenters. The second-order valence-electron chi connectivity index (χ2n) is 6.83. The van der Waals surface area contributed by atoms with Gasteiger partial charge in [-0.15, -0.1) is 0 Å². The van der Waals surface area contributed by atoms with E-state index in [9.17, 15) is 4.79 Å². The van der Waals surface area contributed by atoms with E-state index in [0.717, 1.165) is 28.1 Å². The lowest BCUT2D eigenvalue weighted by Gasteiger charge is -2.29. The number of aromatic amines is 1. The van der Waals surface area contributed by atoms with E-state index in [1.165, 1.54) is 0 Å². The molecule has 0 bridgehead atoms. The highest BCUT2D eigenvalue weighted by Crippen LogP contribution is 2.26. The molecule has 3 aromatic rings. The maximum absolute atomic E-state index is 13.0. The number of anilines is 2. The van der Waals surface area contributed by atoms with Crippen LogP contribution in [0.3, 0.4) is 0 Å². The van der Waals surface area contributed by atoms with Crippen LogP contribution in [0.15, 0.2) is 60.9 Å². The van der Waals surface area contributed by atoms with Crippen LogP contribution in [0.4, 0.5) is 11.4 Å². The van der Waals surface area contributed by atoms with Crippen molar-refractivity contribution in [2.45, 2.75) is 12.5 Å². The number of aromatic nitrogens is 2. The van der Waals surface area contributed by atoms with Gasteiger partial charge >= 0.3 is 0 Å². The van der Waals surface area contributed by atoms with Crippen molar-refractivity contribution in [2.24, 2.45) is 0 Å². The molecule has 0 saturated carbocycles. The van der Waals surface area contributed by atoms with E-state index < -0.39 is 5.54 Å². The van der Waals surface area contributed by atoms with Crippen molar-refractivity contribution in [3.05, 3.63) is 66.5 Å². The number of hydrogen-bond acceptors (Lipinski definition) is 4. The highest BCUT2D eigenvalue weighted by atomic mass is 16.2. The number of benzene rings is 2. The van der Waals surface area contributed by atoms with Gasteiger partial charge in [0, 0.05) is 37.2 Å². The number of carbonyl (C=O) groups is 1. The van der Waals surface area contributed by atoms with Crippen LogP contribution in [0, 0.1) is 0 Å². The summed E-state index contributed by atoms with van der Waals surface area (Å²) in [5.74, 6) is -0.112. The minimum Gasteiger partial charge on any atom is -0.378 e. The molecule has 0 aliphatic rings. The zero-order valence-electron chi connectivity index (χ0n) is 16.1. The van der Waals surface area contributed by atoms with E-state index in [-0.39, 0.29) is 5.91 Å². The van der Waals surface area contributed by atoms with Gasteiger partial charge in [-0.1, -0.05) is 24.3 Å². The van der Waals surface area contributed by atoms with E-state index in [2.05, 4.69) is 20.8 Å². The van der Waals surface area contributed by atoms with Gasteiger partial charge in [-0.05, 0) is 49.4 Å². The number of amides is 1. The summed E-state index contributed by atoms with van der Waals surface area (Å²) in [6.07, 6.45) is 3.60. The predicted octanol–water partition coefficient (Wildman–Crippen LogP) is 3.22. The van der Waals surface area contributed by atoms with Crippen LogP contribution in [-0.2, 0) is 10.3 Å². The summed E-state index contributed by atoms with van der Waals surface area (Å²) in [4.78, 5) is 15.0. The lowest BCUT2D eigenvalue weighted by molar-refractivity contribution is -0.122. The van der Waals surface area contributed by atoms with Crippen LogP contribution >= 0.6 is 0 Å². The molecule has 1 heterocycles. The Balaban J connectivity index is 1.78. The summed E-state index contributed by atoms with van der Waals surface area (Å²) in [6.45, 7) is 1.88. The number of likely N-dealkylation sites (N-methyl/N-ethyl adjacent to an activating group) is 1. The van der Waals surface area contributed by atoms with E-state index in [0.29, 0.717) is 0 Å². The molecular weight excluding hydrogens is 338 g/mol. The molecule has 0 aliphatic heterocycles. The molecule has 0 spiro atoms. The number of carbonyl (C=O) groups excluding carboxylic acids is 1.